The van der Waals surface area contributed by atoms with Gasteiger partial charge < -0.3 is 37.1 Å². The predicted molar refractivity (Wildman–Crippen MR) is 144 cm³/mol. The largest absolute Gasteiger partial charge is 0.370 e. The normalized spacial score (nSPS) is 17.4. The summed E-state index contributed by atoms with van der Waals surface area (Å²) in [5.74, 6) is -1.17. The lowest BCUT2D eigenvalue weighted by atomic mass is 9.93. The van der Waals surface area contributed by atoms with E-state index in [2.05, 4.69) is 72.7 Å². The molecule has 3 aromatic rings. The summed E-state index contributed by atoms with van der Waals surface area (Å²) in [6.07, 6.45) is 9.63. The van der Waals surface area contributed by atoms with Crippen molar-refractivity contribution in [2.75, 3.05) is 18.8 Å². The number of halogens is 2. The van der Waals surface area contributed by atoms with Crippen molar-refractivity contribution in [3.63, 3.8) is 0 Å². The summed E-state index contributed by atoms with van der Waals surface area (Å²) in [4.78, 5) is 54.5. The summed E-state index contributed by atoms with van der Waals surface area (Å²) in [5.41, 5.74) is 11.5. The number of aromatic amines is 3. The average molecular weight is 634 g/mol. The third kappa shape index (κ3) is 5.83. The van der Waals surface area contributed by atoms with Crippen molar-refractivity contribution in [1.82, 2.24) is 35.9 Å². The van der Waals surface area contributed by atoms with Crippen LogP contribution in [0.5, 0.6) is 0 Å². The fraction of sp³-hybridized carbons (Fsp3) is 0.136. The van der Waals surface area contributed by atoms with Gasteiger partial charge >= 0.3 is 0 Å². The molecule has 0 radical (unpaired) electrons. The number of carbonyl (C=O) groups excluding carboxylic acids is 3. The molecule has 3 aromatic heterocycles. The third-order valence-corrected chi connectivity index (χ3v) is 6.11. The highest BCUT2D eigenvalue weighted by molar-refractivity contribution is 9.10. The summed E-state index contributed by atoms with van der Waals surface area (Å²) in [5, 5.41) is 7.94. The lowest BCUT2D eigenvalue weighted by molar-refractivity contribution is -0.122. The number of anilines is 1. The van der Waals surface area contributed by atoms with E-state index in [1.807, 2.05) is 0 Å². The number of rotatable bonds is 9. The summed E-state index contributed by atoms with van der Waals surface area (Å²) < 4.78 is 1.50. The molecule has 4 heterocycles. The minimum Gasteiger partial charge on any atom is -0.370 e. The van der Waals surface area contributed by atoms with Crippen molar-refractivity contribution in [3.05, 3.63) is 74.5 Å². The molecule has 0 fully saturated rings. The van der Waals surface area contributed by atoms with E-state index in [4.69, 9.17) is 11.5 Å². The molecule has 1 atom stereocenters. The Hall–Kier alpha value is -4.11. The molecule has 10 N–H and O–H groups in total. The van der Waals surface area contributed by atoms with E-state index in [0.717, 1.165) is 8.95 Å². The number of aromatic nitrogens is 4. The molecule has 4 rings (SSSR count). The zero-order chi connectivity index (χ0) is 26.6. The lowest BCUT2D eigenvalue weighted by Crippen LogP contribution is -2.38. The van der Waals surface area contributed by atoms with Crippen molar-refractivity contribution < 1.29 is 14.4 Å². The number of H-pyrrole nitrogens is 3. The maximum absolute atomic E-state index is 13.0. The molecular formula is C22H22Br2N10O3. The van der Waals surface area contributed by atoms with Crippen LogP contribution in [0.4, 0.5) is 5.95 Å². The van der Waals surface area contributed by atoms with Gasteiger partial charge in [-0.05, 0) is 56.1 Å². The average Bonchev–Trinajstić information content (AvgIpc) is 3.62. The van der Waals surface area contributed by atoms with E-state index < -0.39 is 11.4 Å². The van der Waals surface area contributed by atoms with Crippen LogP contribution < -0.4 is 27.4 Å². The maximum Gasteiger partial charge on any atom is 0.267 e. The Kier molecular flexibility index (Phi) is 7.63. The Morgan fingerprint density at radius 2 is 1.59 bits per heavy atom. The molecule has 0 aromatic carbocycles. The minimum atomic E-state index is -1.59. The SMILES string of the molecule is NC1=NC(C=CCNC(=O)c2cc(Br)c[nH]2)(c2[nH]c(N)nc2C=CCNC(=O)c2cc(Br)c[nH]2)C(=O)N1. The van der Waals surface area contributed by atoms with Gasteiger partial charge in [-0.25, -0.2) is 9.98 Å². The van der Waals surface area contributed by atoms with E-state index in [0.29, 0.717) is 17.1 Å². The number of guanidine groups is 1. The van der Waals surface area contributed by atoms with Crippen LogP contribution in [0.15, 0.2) is 56.7 Å². The number of hydrogen-bond donors (Lipinski definition) is 8. The first-order valence-corrected chi connectivity index (χ1v) is 12.4. The highest BCUT2D eigenvalue weighted by Crippen LogP contribution is 2.33. The van der Waals surface area contributed by atoms with Gasteiger partial charge in [0.05, 0.1) is 11.4 Å². The van der Waals surface area contributed by atoms with Crippen LogP contribution in [-0.4, -0.2) is 56.7 Å². The first kappa shape index (κ1) is 26.0. The number of aliphatic imine (C=N–C) groups is 1. The summed E-state index contributed by atoms with van der Waals surface area (Å²) in [7, 11) is 0. The van der Waals surface area contributed by atoms with Crippen molar-refractivity contribution in [3.8, 4) is 0 Å². The number of hydrogen-bond acceptors (Lipinski definition) is 7. The van der Waals surface area contributed by atoms with Crippen molar-refractivity contribution in [1.29, 1.82) is 0 Å². The quantitative estimate of drug-likeness (QED) is 0.162. The molecule has 0 aliphatic carbocycles. The highest BCUT2D eigenvalue weighted by atomic mass is 79.9. The van der Waals surface area contributed by atoms with Gasteiger partial charge in [0.25, 0.3) is 17.7 Å². The molecule has 0 bridgehead atoms. The second kappa shape index (κ2) is 10.9. The summed E-state index contributed by atoms with van der Waals surface area (Å²) in [6, 6.07) is 3.30. The molecule has 3 amide bonds. The Balaban J connectivity index is 1.49. The first-order valence-electron chi connectivity index (χ1n) is 10.8. The number of amides is 3. The van der Waals surface area contributed by atoms with Crippen LogP contribution in [-0.2, 0) is 10.3 Å². The van der Waals surface area contributed by atoms with Crippen molar-refractivity contribution in [2.45, 2.75) is 5.54 Å². The van der Waals surface area contributed by atoms with Crippen LogP contribution in [0.25, 0.3) is 6.08 Å². The monoisotopic (exact) mass is 632 g/mol. The van der Waals surface area contributed by atoms with Crippen molar-refractivity contribution in [2.24, 2.45) is 10.7 Å². The van der Waals surface area contributed by atoms with Crippen LogP contribution in [0.2, 0.25) is 0 Å². The third-order valence-electron chi connectivity index (χ3n) is 5.20. The van der Waals surface area contributed by atoms with Gasteiger partial charge in [-0.2, -0.15) is 0 Å². The molecule has 192 valence electrons. The second-order valence-electron chi connectivity index (χ2n) is 7.79. The molecule has 0 spiro atoms. The Labute approximate surface area is 226 Å². The smallest absolute Gasteiger partial charge is 0.267 e. The van der Waals surface area contributed by atoms with Gasteiger partial charge in [-0.3, -0.25) is 19.7 Å². The van der Waals surface area contributed by atoms with E-state index in [-0.39, 0.29) is 42.5 Å². The second-order valence-corrected chi connectivity index (χ2v) is 9.62. The number of carbonyl (C=O) groups is 3. The maximum atomic E-state index is 13.0. The Bertz CT molecular complexity index is 1430. The van der Waals surface area contributed by atoms with E-state index in [1.165, 1.54) is 6.08 Å². The van der Waals surface area contributed by atoms with Crippen molar-refractivity contribution >= 4 is 67.6 Å². The molecule has 1 aliphatic heterocycles. The van der Waals surface area contributed by atoms with Crippen LogP contribution in [0, 0.1) is 0 Å². The van der Waals surface area contributed by atoms with Crippen LogP contribution in [0.1, 0.15) is 32.4 Å². The molecule has 15 heteroatoms. The lowest BCUT2D eigenvalue weighted by Gasteiger charge is -2.18. The fourth-order valence-electron chi connectivity index (χ4n) is 3.55. The van der Waals surface area contributed by atoms with Gasteiger partial charge in [0.1, 0.15) is 11.4 Å². The zero-order valence-electron chi connectivity index (χ0n) is 19.1. The molecule has 37 heavy (non-hydrogen) atoms. The van der Waals surface area contributed by atoms with Gasteiger partial charge in [0.2, 0.25) is 5.54 Å². The number of nitrogens with two attached hydrogens (primary N) is 2. The minimum absolute atomic E-state index is 0.0572. The van der Waals surface area contributed by atoms with E-state index >= 15 is 0 Å². The topological polar surface area (TPSA) is 212 Å². The first-order chi connectivity index (χ1) is 17.7. The van der Waals surface area contributed by atoms with Gasteiger partial charge in [-0.15, -0.1) is 0 Å². The summed E-state index contributed by atoms with van der Waals surface area (Å²) in [6.45, 7) is 0.290. The molecule has 0 saturated carbocycles. The van der Waals surface area contributed by atoms with Crippen LogP contribution >= 0.6 is 31.9 Å². The van der Waals surface area contributed by atoms with Gasteiger partial charge in [0, 0.05) is 34.4 Å². The standard InChI is InChI=1S/C22H22Br2N10O3/c23-11-7-14(29-9-11)17(35)27-5-1-3-13-16(32-20(25)31-13)22(19(37)33-21(26)34-22)4-2-6-28-18(36)15-8-12(24)10-30-15/h1-4,7-10,29-30H,5-6H2,(H,27,35)(H,28,36)(H3,25,31,32)(H3,26,33,34,37). The molecule has 1 aliphatic rings. The highest BCUT2D eigenvalue weighted by Gasteiger charge is 2.45. The number of nitrogens with one attached hydrogen (secondary N) is 6. The van der Waals surface area contributed by atoms with Crippen LogP contribution in [0.3, 0.4) is 0 Å². The van der Waals surface area contributed by atoms with Gasteiger partial charge in [-0.1, -0.05) is 12.2 Å². The molecule has 13 nitrogen and oxygen atoms in total. The Morgan fingerprint density at radius 1 is 1.00 bits per heavy atom. The van der Waals surface area contributed by atoms with E-state index in [1.54, 1.807) is 42.8 Å². The number of nitrogens with zero attached hydrogens (tertiary/aromatic N) is 2. The summed E-state index contributed by atoms with van der Waals surface area (Å²) >= 11 is 6.56. The van der Waals surface area contributed by atoms with Gasteiger partial charge in [0.15, 0.2) is 11.9 Å². The number of imidazole rings is 1. The fourth-order valence-corrected chi connectivity index (χ4v) is 4.24. The predicted octanol–water partition coefficient (Wildman–Crippen LogP) is 1.24. The van der Waals surface area contributed by atoms with E-state index in [9.17, 15) is 14.4 Å². The Morgan fingerprint density at radius 3 is 2.11 bits per heavy atom. The molecule has 1 unspecified atom stereocenters. The molecular weight excluding hydrogens is 612 g/mol. The molecule has 0 saturated heterocycles. The zero-order valence-corrected chi connectivity index (χ0v) is 22.2. The number of nitrogen functional groups attached to an aromatic ring is 1.